The predicted molar refractivity (Wildman–Crippen MR) is 91.4 cm³/mol. The normalized spacial score (nSPS) is 18.4. The van der Waals surface area contributed by atoms with Gasteiger partial charge in [-0.15, -0.1) is 0 Å². The number of carbonyl (C=O) groups excluding carboxylic acids is 1. The van der Waals surface area contributed by atoms with Crippen LogP contribution in [0.5, 0.6) is 0 Å². The Labute approximate surface area is 141 Å². The molecule has 0 saturated heterocycles. The summed E-state index contributed by atoms with van der Waals surface area (Å²) in [6.07, 6.45) is 10.1. The third kappa shape index (κ3) is 16.9. The third-order valence-corrected chi connectivity index (χ3v) is 3.14. The summed E-state index contributed by atoms with van der Waals surface area (Å²) < 4.78 is 56.6. The monoisotopic (exact) mass is 301 g/mol. The van der Waals surface area contributed by atoms with Crippen molar-refractivity contribution in [2.75, 3.05) is 7.11 Å². The van der Waals surface area contributed by atoms with Gasteiger partial charge in [0.2, 0.25) is 0 Å². The van der Waals surface area contributed by atoms with Gasteiger partial charge in [-0.05, 0) is 32.1 Å². The van der Waals surface area contributed by atoms with Crippen molar-refractivity contribution in [1.82, 2.24) is 0 Å². The lowest BCUT2D eigenvalue weighted by molar-refractivity contribution is -0.140. The van der Waals surface area contributed by atoms with E-state index in [-0.39, 0.29) is 18.8 Å². The number of ether oxygens (including phenoxy) is 1. The summed E-state index contributed by atoms with van der Waals surface area (Å²) in [5.41, 5.74) is 0. The first kappa shape index (κ1) is 10.6. The molecule has 2 heteroatoms. The van der Waals surface area contributed by atoms with E-state index in [4.69, 9.17) is 9.60 Å². The molecule has 122 valence electrons. The van der Waals surface area contributed by atoms with Crippen molar-refractivity contribution in [2.24, 2.45) is 0 Å². The number of unbranched alkanes of at least 4 members (excludes halogenated alkanes) is 6. The van der Waals surface area contributed by atoms with E-state index in [0.29, 0.717) is 6.42 Å². The SMILES string of the molecule is [2H]C([2H])([2H])C([2H])([2H])C([2H])([2H])CC/C=C\C=C\CCCCCCCCC(=O)OC. The standard InChI is InChI=1S/C19H34O2/c1-3-4-5-6-7-8-9-10-11-12-13-14-15-16-17-18-19(20)21-2/h7-10H,3-6,11-18H2,1-2H3/b8-7-,10-9+/i1D3,3D2,4D2. The minimum Gasteiger partial charge on any atom is -0.469 e. The first-order valence-electron chi connectivity index (χ1n) is 11.3. The van der Waals surface area contributed by atoms with Gasteiger partial charge in [-0.2, -0.15) is 0 Å². The molecule has 0 aliphatic carbocycles. The average molecular weight is 302 g/mol. The molecule has 0 atom stereocenters. The van der Waals surface area contributed by atoms with E-state index >= 15 is 0 Å². The smallest absolute Gasteiger partial charge is 0.305 e. The van der Waals surface area contributed by atoms with Crippen molar-refractivity contribution in [3.05, 3.63) is 24.3 Å². The summed E-state index contributed by atoms with van der Waals surface area (Å²) in [7, 11) is 1.41. The fourth-order valence-corrected chi connectivity index (χ4v) is 1.91. The predicted octanol–water partition coefficient (Wildman–Crippen LogP) is 5.97. The number of esters is 1. The molecule has 0 unspecified atom stereocenters. The number of allylic oxidation sites excluding steroid dienone is 4. The number of hydrogen-bond donors (Lipinski definition) is 0. The topological polar surface area (TPSA) is 26.3 Å². The Kier molecular flexibility index (Phi) is 8.61. The van der Waals surface area contributed by atoms with E-state index in [2.05, 4.69) is 4.74 Å². The molecule has 0 aliphatic rings. The van der Waals surface area contributed by atoms with Gasteiger partial charge >= 0.3 is 5.97 Å². The van der Waals surface area contributed by atoms with E-state index < -0.39 is 19.6 Å². The Bertz CT molecular complexity index is 497. The molecule has 0 N–H and O–H groups in total. The molecule has 2 nitrogen and oxygen atoms in total. The van der Waals surface area contributed by atoms with Crippen LogP contribution in [0.3, 0.4) is 0 Å². The van der Waals surface area contributed by atoms with Crippen molar-refractivity contribution in [3.63, 3.8) is 0 Å². The van der Waals surface area contributed by atoms with Crippen LogP contribution in [-0.4, -0.2) is 13.1 Å². The fraction of sp³-hybridized carbons (Fsp3) is 0.737. The maximum atomic E-state index is 11.0. The van der Waals surface area contributed by atoms with Crippen LogP contribution in [0.4, 0.5) is 0 Å². The molecular formula is C19H34O2. The molecule has 0 saturated carbocycles. The van der Waals surface area contributed by atoms with Crippen LogP contribution in [-0.2, 0) is 9.53 Å². The van der Waals surface area contributed by atoms with Gasteiger partial charge in [0, 0.05) is 16.0 Å². The third-order valence-electron chi connectivity index (χ3n) is 3.14. The first-order chi connectivity index (χ1) is 13.0. The van der Waals surface area contributed by atoms with Crippen molar-refractivity contribution in [2.45, 2.75) is 83.8 Å². The van der Waals surface area contributed by atoms with Crippen molar-refractivity contribution < 1.29 is 19.1 Å². The minimum absolute atomic E-state index is 0.148. The zero-order valence-electron chi connectivity index (χ0n) is 20.2. The average Bonchev–Trinajstić information content (AvgIpc) is 2.60. The summed E-state index contributed by atoms with van der Waals surface area (Å²) in [5, 5.41) is 0. The van der Waals surface area contributed by atoms with Crippen LogP contribution < -0.4 is 0 Å². The molecule has 0 aromatic heterocycles. The molecule has 21 heavy (non-hydrogen) atoms. The highest BCUT2D eigenvalue weighted by Crippen LogP contribution is 2.09. The molecular weight excluding hydrogens is 260 g/mol. The molecule has 0 aromatic carbocycles. The van der Waals surface area contributed by atoms with Gasteiger partial charge in [0.05, 0.1) is 7.11 Å². The van der Waals surface area contributed by atoms with Crippen LogP contribution in [0.15, 0.2) is 24.3 Å². The summed E-state index contributed by atoms with van der Waals surface area (Å²) in [6, 6.07) is 0. The molecule has 0 rings (SSSR count). The van der Waals surface area contributed by atoms with Crippen molar-refractivity contribution in [3.8, 4) is 0 Å². The van der Waals surface area contributed by atoms with Crippen LogP contribution in [0.25, 0.3) is 0 Å². The lowest BCUT2D eigenvalue weighted by Crippen LogP contribution is -1.99. The second-order valence-electron chi connectivity index (χ2n) is 4.93. The Hall–Kier alpha value is -1.05. The van der Waals surface area contributed by atoms with Crippen molar-refractivity contribution >= 4 is 5.97 Å². The lowest BCUT2D eigenvalue weighted by Gasteiger charge is -2.00. The summed E-state index contributed by atoms with van der Waals surface area (Å²) in [4.78, 5) is 11.0. The maximum absolute atomic E-state index is 11.0. The van der Waals surface area contributed by atoms with Crippen LogP contribution >= 0.6 is 0 Å². The minimum atomic E-state index is -2.98. The highest BCUT2D eigenvalue weighted by molar-refractivity contribution is 5.68. The van der Waals surface area contributed by atoms with E-state index in [1.54, 1.807) is 12.2 Å². The van der Waals surface area contributed by atoms with Crippen LogP contribution in [0.1, 0.15) is 93.4 Å². The number of hydrogen-bond acceptors (Lipinski definition) is 2. The molecule has 0 bridgehead atoms. The summed E-state index contributed by atoms with van der Waals surface area (Å²) in [6.45, 7) is -2.98. The van der Waals surface area contributed by atoms with E-state index in [0.717, 1.165) is 44.9 Å². The Morgan fingerprint density at radius 1 is 1.00 bits per heavy atom. The molecule has 0 spiro atoms. The van der Waals surface area contributed by atoms with Gasteiger partial charge in [-0.3, -0.25) is 4.79 Å². The Balaban J connectivity index is 3.81. The largest absolute Gasteiger partial charge is 0.469 e. The van der Waals surface area contributed by atoms with Gasteiger partial charge in [-0.25, -0.2) is 0 Å². The number of rotatable bonds is 14. The summed E-state index contributed by atoms with van der Waals surface area (Å²) >= 11 is 0. The highest BCUT2D eigenvalue weighted by Gasteiger charge is 1.98. The second-order valence-corrected chi connectivity index (χ2v) is 4.93. The summed E-state index contributed by atoms with van der Waals surface area (Å²) in [5.74, 6) is -0.148. The Morgan fingerprint density at radius 2 is 1.62 bits per heavy atom. The second kappa shape index (κ2) is 17.0. The van der Waals surface area contributed by atoms with Gasteiger partial charge in [-0.1, -0.05) is 69.6 Å². The number of carbonyl (C=O) groups is 1. The molecule has 0 radical (unpaired) electrons. The van der Waals surface area contributed by atoms with Gasteiger partial charge < -0.3 is 4.74 Å². The Morgan fingerprint density at radius 3 is 2.29 bits per heavy atom. The number of methoxy groups -OCH3 is 1. The fourth-order valence-electron chi connectivity index (χ4n) is 1.91. The maximum Gasteiger partial charge on any atom is 0.305 e. The molecule has 0 aromatic rings. The van der Waals surface area contributed by atoms with Crippen LogP contribution in [0, 0.1) is 0 Å². The van der Waals surface area contributed by atoms with Crippen LogP contribution in [0.2, 0.25) is 0 Å². The highest BCUT2D eigenvalue weighted by atomic mass is 16.5. The zero-order chi connectivity index (χ0) is 21.7. The van der Waals surface area contributed by atoms with E-state index in [9.17, 15) is 4.79 Å². The van der Waals surface area contributed by atoms with Gasteiger partial charge in [0.15, 0.2) is 0 Å². The van der Waals surface area contributed by atoms with E-state index in [1.165, 1.54) is 7.11 Å². The van der Waals surface area contributed by atoms with Gasteiger partial charge in [0.25, 0.3) is 0 Å². The quantitative estimate of drug-likeness (QED) is 0.224. The lowest BCUT2D eigenvalue weighted by atomic mass is 10.1. The molecule has 0 aliphatic heterocycles. The molecule has 0 heterocycles. The zero-order valence-corrected chi connectivity index (χ0v) is 13.2. The van der Waals surface area contributed by atoms with Crippen molar-refractivity contribution in [1.29, 1.82) is 0 Å². The molecule has 0 amide bonds. The molecule has 0 fully saturated rings. The first-order valence-corrected chi connectivity index (χ1v) is 7.84. The van der Waals surface area contributed by atoms with Gasteiger partial charge in [0.1, 0.15) is 0 Å². The van der Waals surface area contributed by atoms with E-state index in [1.807, 2.05) is 12.2 Å².